The van der Waals surface area contributed by atoms with Crippen LogP contribution in [-0.4, -0.2) is 46.5 Å². The van der Waals surface area contributed by atoms with Crippen molar-refractivity contribution in [3.63, 3.8) is 0 Å². The van der Waals surface area contributed by atoms with Crippen LogP contribution in [0.5, 0.6) is 0 Å². The molecule has 2 N–H and O–H groups in total. The Morgan fingerprint density at radius 1 is 1.18 bits per heavy atom. The molecule has 0 amide bonds. The van der Waals surface area contributed by atoms with Gasteiger partial charge in [-0.2, -0.15) is 0 Å². The first-order valence-electron chi connectivity index (χ1n) is 6.44. The van der Waals surface area contributed by atoms with Crippen molar-refractivity contribution in [1.82, 2.24) is 10.0 Å². The fourth-order valence-electron chi connectivity index (χ4n) is 1.99. The minimum atomic E-state index is -3.09. The van der Waals surface area contributed by atoms with Crippen LogP contribution >= 0.6 is 0 Å². The van der Waals surface area contributed by atoms with E-state index in [4.69, 9.17) is 4.74 Å². The number of hydrogen-bond acceptors (Lipinski definition) is 4. The quantitative estimate of drug-likeness (QED) is 0.650. The Morgan fingerprint density at radius 2 is 2.00 bits per heavy atom. The van der Waals surface area contributed by atoms with Gasteiger partial charge in [-0.05, 0) is 31.6 Å². The van der Waals surface area contributed by atoms with Crippen LogP contribution in [0.4, 0.5) is 0 Å². The van der Waals surface area contributed by atoms with Crippen LogP contribution in [0.3, 0.4) is 0 Å². The minimum Gasteiger partial charge on any atom is -0.381 e. The molecule has 0 aromatic heterocycles. The van der Waals surface area contributed by atoms with Crippen LogP contribution in [0.1, 0.15) is 25.7 Å². The molecule has 17 heavy (non-hydrogen) atoms. The fourth-order valence-corrected chi connectivity index (χ4v) is 2.95. The third-order valence-corrected chi connectivity index (χ3v) is 4.67. The molecular formula is C11H22N2O3S. The topological polar surface area (TPSA) is 67.4 Å². The second kappa shape index (κ2) is 6.13. The van der Waals surface area contributed by atoms with E-state index in [0.717, 1.165) is 26.1 Å². The zero-order valence-electron chi connectivity index (χ0n) is 10.2. The van der Waals surface area contributed by atoms with Crippen molar-refractivity contribution in [2.24, 2.45) is 5.92 Å². The minimum absolute atomic E-state index is 0.185. The monoisotopic (exact) mass is 262 g/mol. The van der Waals surface area contributed by atoms with Gasteiger partial charge in [0.25, 0.3) is 0 Å². The first-order valence-corrected chi connectivity index (χ1v) is 8.09. The Hall–Kier alpha value is -0.170. The van der Waals surface area contributed by atoms with E-state index in [1.165, 1.54) is 12.8 Å². The van der Waals surface area contributed by atoms with Crippen molar-refractivity contribution in [3.8, 4) is 0 Å². The van der Waals surface area contributed by atoms with E-state index in [2.05, 4.69) is 10.0 Å². The predicted molar refractivity (Wildman–Crippen MR) is 66.4 cm³/mol. The molecule has 100 valence electrons. The second-order valence-corrected chi connectivity index (χ2v) is 6.89. The summed E-state index contributed by atoms with van der Waals surface area (Å²) in [6.45, 7) is 2.71. The lowest BCUT2D eigenvalue weighted by atomic mass is 10.1. The number of ether oxygens (including phenoxy) is 1. The largest absolute Gasteiger partial charge is 0.381 e. The summed E-state index contributed by atoms with van der Waals surface area (Å²) in [6.07, 6.45) is 4.32. The Balaban J connectivity index is 1.55. The second-order valence-electron chi connectivity index (χ2n) is 4.96. The average Bonchev–Trinajstić information content (AvgIpc) is 2.93. The van der Waals surface area contributed by atoms with Gasteiger partial charge < -0.3 is 10.1 Å². The van der Waals surface area contributed by atoms with E-state index in [-0.39, 0.29) is 5.75 Å². The Bertz CT molecular complexity index is 322. The lowest BCUT2D eigenvalue weighted by molar-refractivity contribution is 0.184. The Kier molecular flexibility index (Phi) is 4.78. The molecule has 0 spiro atoms. The van der Waals surface area contributed by atoms with Crippen molar-refractivity contribution in [2.75, 3.05) is 32.1 Å². The fraction of sp³-hybridized carbons (Fsp3) is 1.00. The van der Waals surface area contributed by atoms with Gasteiger partial charge in [0.05, 0.1) is 5.75 Å². The van der Waals surface area contributed by atoms with Crippen molar-refractivity contribution in [2.45, 2.75) is 31.7 Å². The normalized spacial score (nSPS) is 25.3. The summed E-state index contributed by atoms with van der Waals surface area (Å²) >= 11 is 0. The summed E-state index contributed by atoms with van der Waals surface area (Å²) < 4.78 is 31.2. The van der Waals surface area contributed by atoms with Crippen LogP contribution in [0, 0.1) is 5.92 Å². The molecule has 1 unspecified atom stereocenters. The number of rotatable bonds is 8. The molecule has 2 fully saturated rings. The highest BCUT2D eigenvalue weighted by atomic mass is 32.2. The Labute approximate surface area is 103 Å². The van der Waals surface area contributed by atoms with Crippen molar-refractivity contribution in [1.29, 1.82) is 0 Å². The third kappa shape index (κ3) is 5.33. The molecular weight excluding hydrogens is 240 g/mol. The number of sulfonamides is 1. The molecule has 5 nitrogen and oxygen atoms in total. The highest BCUT2D eigenvalue weighted by Crippen LogP contribution is 2.18. The molecule has 0 radical (unpaired) electrons. The molecule has 1 saturated heterocycles. The van der Waals surface area contributed by atoms with Gasteiger partial charge in [-0.1, -0.05) is 0 Å². The van der Waals surface area contributed by atoms with Gasteiger partial charge in [-0.25, -0.2) is 13.1 Å². The first kappa shape index (κ1) is 13.3. The summed E-state index contributed by atoms with van der Waals surface area (Å²) in [5, 5.41) is 3.21. The zero-order valence-corrected chi connectivity index (χ0v) is 11.0. The predicted octanol–water partition coefficient (Wildman–Crippen LogP) is 0.0844. The summed E-state index contributed by atoms with van der Waals surface area (Å²) in [4.78, 5) is 0. The Morgan fingerprint density at radius 3 is 2.65 bits per heavy atom. The van der Waals surface area contributed by atoms with Gasteiger partial charge >= 0.3 is 0 Å². The molecule has 1 saturated carbocycles. The van der Waals surface area contributed by atoms with Crippen LogP contribution in [0.2, 0.25) is 0 Å². The highest BCUT2D eigenvalue weighted by molar-refractivity contribution is 7.89. The smallest absolute Gasteiger partial charge is 0.212 e. The molecule has 2 rings (SSSR count). The molecule has 1 aliphatic carbocycles. The van der Waals surface area contributed by atoms with Crippen molar-refractivity contribution in [3.05, 3.63) is 0 Å². The van der Waals surface area contributed by atoms with Gasteiger partial charge in [0.15, 0.2) is 0 Å². The van der Waals surface area contributed by atoms with Crippen molar-refractivity contribution >= 4 is 10.0 Å². The lowest BCUT2D eigenvalue weighted by Crippen LogP contribution is -2.33. The van der Waals surface area contributed by atoms with E-state index in [1.54, 1.807) is 0 Å². The highest BCUT2D eigenvalue weighted by Gasteiger charge is 2.21. The van der Waals surface area contributed by atoms with Gasteiger partial charge in [0.1, 0.15) is 0 Å². The van der Waals surface area contributed by atoms with Crippen LogP contribution in [0.15, 0.2) is 0 Å². The van der Waals surface area contributed by atoms with E-state index in [1.807, 2.05) is 0 Å². The zero-order chi connectivity index (χ0) is 12.1. The van der Waals surface area contributed by atoms with Crippen LogP contribution in [-0.2, 0) is 14.8 Å². The van der Waals surface area contributed by atoms with Gasteiger partial charge in [0.2, 0.25) is 10.0 Å². The van der Waals surface area contributed by atoms with Gasteiger partial charge in [0, 0.05) is 32.3 Å². The van der Waals surface area contributed by atoms with Crippen LogP contribution in [0.25, 0.3) is 0 Å². The van der Waals surface area contributed by atoms with Gasteiger partial charge in [-0.15, -0.1) is 0 Å². The van der Waals surface area contributed by atoms with Crippen LogP contribution < -0.4 is 10.0 Å². The third-order valence-electron chi connectivity index (χ3n) is 3.28. The van der Waals surface area contributed by atoms with E-state index in [0.29, 0.717) is 25.0 Å². The average molecular weight is 262 g/mol. The maximum absolute atomic E-state index is 11.6. The summed E-state index contributed by atoms with van der Waals surface area (Å²) in [5.41, 5.74) is 0. The number of nitrogens with one attached hydrogen (secondary N) is 2. The molecule has 0 aromatic carbocycles. The molecule has 1 heterocycles. The lowest BCUT2D eigenvalue weighted by Gasteiger charge is -2.09. The molecule has 1 atom stereocenters. The number of hydrogen-bond donors (Lipinski definition) is 2. The summed E-state index contributed by atoms with van der Waals surface area (Å²) in [7, 11) is -3.09. The molecule has 6 heteroatoms. The van der Waals surface area contributed by atoms with E-state index < -0.39 is 10.0 Å². The summed E-state index contributed by atoms with van der Waals surface area (Å²) in [6, 6.07) is 0.570. The molecule has 2 aliphatic rings. The summed E-state index contributed by atoms with van der Waals surface area (Å²) in [5.74, 6) is 0.715. The molecule has 1 aliphatic heterocycles. The van der Waals surface area contributed by atoms with E-state index in [9.17, 15) is 8.42 Å². The van der Waals surface area contributed by atoms with E-state index >= 15 is 0 Å². The first-order chi connectivity index (χ1) is 8.16. The van der Waals surface area contributed by atoms with Crippen molar-refractivity contribution < 1.29 is 13.2 Å². The maximum atomic E-state index is 11.6. The molecule has 0 aromatic rings. The van der Waals surface area contributed by atoms with Gasteiger partial charge in [-0.3, -0.25) is 0 Å². The standard InChI is InChI=1S/C11H22N2O3S/c14-17(15,8-6-12-11-1-2-11)13-5-3-10-4-7-16-9-10/h10-13H,1-9H2. The maximum Gasteiger partial charge on any atom is 0.212 e. The SMILES string of the molecule is O=S(=O)(CCNC1CC1)NCCC1CCOC1. The molecule has 0 bridgehead atoms.